The van der Waals surface area contributed by atoms with Gasteiger partial charge in [0.25, 0.3) is 0 Å². The zero-order valence-corrected chi connectivity index (χ0v) is 12.4. The number of rotatable bonds is 6. The molecule has 5 heteroatoms. The molecular formula is C15H19N3OS. The van der Waals surface area contributed by atoms with Crippen LogP contribution in [0.4, 0.5) is 11.5 Å². The van der Waals surface area contributed by atoms with Crippen LogP contribution in [0.3, 0.4) is 0 Å². The van der Waals surface area contributed by atoms with Crippen molar-refractivity contribution >= 4 is 22.8 Å². The highest BCUT2D eigenvalue weighted by atomic mass is 32.1. The van der Waals surface area contributed by atoms with Gasteiger partial charge in [-0.3, -0.25) is 0 Å². The molecule has 20 heavy (non-hydrogen) atoms. The Bertz CT molecular complexity index is 567. The van der Waals surface area contributed by atoms with Crippen LogP contribution in [0, 0.1) is 0 Å². The van der Waals surface area contributed by atoms with Crippen molar-refractivity contribution in [1.82, 2.24) is 4.98 Å². The molecule has 2 heterocycles. The van der Waals surface area contributed by atoms with E-state index in [-0.39, 0.29) is 0 Å². The second-order valence-corrected chi connectivity index (χ2v) is 5.97. The van der Waals surface area contributed by atoms with Crippen LogP contribution in [0.15, 0.2) is 29.6 Å². The van der Waals surface area contributed by atoms with Gasteiger partial charge in [0.1, 0.15) is 5.82 Å². The Morgan fingerprint density at radius 3 is 2.90 bits per heavy atom. The first kappa shape index (κ1) is 13.2. The summed E-state index contributed by atoms with van der Waals surface area (Å²) in [6, 6.07) is 8.73. The van der Waals surface area contributed by atoms with Gasteiger partial charge in [-0.2, -0.15) is 4.98 Å². The molecule has 0 unspecified atom stereocenters. The molecule has 106 valence electrons. The van der Waals surface area contributed by atoms with Crippen LogP contribution >= 0.6 is 11.3 Å². The molecule has 0 spiro atoms. The van der Waals surface area contributed by atoms with Crippen molar-refractivity contribution in [2.75, 3.05) is 17.2 Å². The quantitative estimate of drug-likeness (QED) is 0.886. The lowest BCUT2D eigenvalue weighted by molar-refractivity contribution is 0.329. The maximum Gasteiger partial charge on any atom is 0.239 e. The van der Waals surface area contributed by atoms with Crippen molar-refractivity contribution in [3.05, 3.63) is 34.5 Å². The molecule has 2 N–H and O–H groups in total. The minimum absolute atomic E-state index is 0.543. The maximum absolute atomic E-state index is 5.90. The molecule has 1 aliphatic carbocycles. The molecule has 1 fully saturated rings. The van der Waals surface area contributed by atoms with E-state index in [0.717, 1.165) is 12.4 Å². The smallest absolute Gasteiger partial charge is 0.239 e. The van der Waals surface area contributed by atoms with E-state index in [9.17, 15) is 0 Å². The zero-order chi connectivity index (χ0) is 13.9. The average Bonchev–Trinajstić information content (AvgIpc) is 3.16. The fourth-order valence-electron chi connectivity index (χ4n) is 2.21. The number of thiophene rings is 1. The van der Waals surface area contributed by atoms with Gasteiger partial charge >= 0.3 is 0 Å². The number of ether oxygens (including phenoxy) is 1. The van der Waals surface area contributed by atoms with E-state index in [4.69, 9.17) is 10.5 Å². The van der Waals surface area contributed by atoms with Crippen molar-refractivity contribution in [2.24, 2.45) is 0 Å². The molecule has 3 rings (SSSR count). The summed E-state index contributed by atoms with van der Waals surface area (Å²) < 4.78 is 5.50. The van der Waals surface area contributed by atoms with Crippen molar-refractivity contribution in [3.63, 3.8) is 0 Å². The van der Waals surface area contributed by atoms with Crippen LogP contribution in [0.25, 0.3) is 0 Å². The molecule has 0 saturated heterocycles. The average molecular weight is 289 g/mol. The summed E-state index contributed by atoms with van der Waals surface area (Å²) in [6.45, 7) is 3.43. The van der Waals surface area contributed by atoms with Gasteiger partial charge in [-0.25, -0.2) is 0 Å². The fourth-order valence-corrected chi connectivity index (χ4v) is 2.91. The lowest BCUT2D eigenvalue weighted by Gasteiger charge is -2.23. The Morgan fingerprint density at radius 2 is 2.25 bits per heavy atom. The summed E-state index contributed by atoms with van der Waals surface area (Å²) in [7, 11) is 0. The van der Waals surface area contributed by atoms with Gasteiger partial charge < -0.3 is 15.4 Å². The van der Waals surface area contributed by atoms with Crippen LogP contribution in [-0.4, -0.2) is 17.6 Å². The highest BCUT2D eigenvalue weighted by Crippen LogP contribution is 2.34. The van der Waals surface area contributed by atoms with E-state index in [2.05, 4.69) is 27.4 Å². The lowest BCUT2D eigenvalue weighted by atomic mass is 10.3. The third-order valence-corrected chi connectivity index (χ3v) is 4.21. The van der Waals surface area contributed by atoms with Crippen LogP contribution in [0.2, 0.25) is 0 Å². The molecule has 1 saturated carbocycles. The first-order chi connectivity index (χ1) is 9.78. The van der Waals surface area contributed by atoms with Gasteiger partial charge in [-0.05, 0) is 43.3 Å². The fraction of sp³-hybridized carbons (Fsp3) is 0.400. The second kappa shape index (κ2) is 5.71. The van der Waals surface area contributed by atoms with E-state index in [1.54, 1.807) is 11.3 Å². The summed E-state index contributed by atoms with van der Waals surface area (Å²) in [4.78, 5) is 8.30. The van der Waals surface area contributed by atoms with E-state index < -0.39 is 0 Å². The lowest BCUT2D eigenvalue weighted by Crippen LogP contribution is -2.25. The minimum atomic E-state index is 0.543. The highest BCUT2D eigenvalue weighted by molar-refractivity contribution is 7.09. The van der Waals surface area contributed by atoms with Crippen LogP contribution < -0.4 is 15.4 Å². The maximum atomic E-state index is 5.90. The zero-order valence-electron chi connectivity index (χ0n) is 11.6. The number of hydrogen-bond donors (Lipinski definition) is 1. The minimum Gasteiger partial charge on any atom is -0.476 e. The van der Waals surface area contributed by atoms with Crippen LogP contribution in [0.5, 0.6) is 5.88 Å². The Kier molecular flexibility index (Phi) is 3.78. The SMILES string of the molecule is CCOc1nc(N(Cc2cccs2)C2CC2)ccc1N. The molecule has 2 aromatic rings. The summed E-state index contributed by atoms with van der Waals surface area (Å²) in [5.74, 6) is 1.50. The van der Waals surface area contributed by atoms with Crippen molar-refractivity contribution in [3.8, 4) is 5.88 Å². The first-order valence-electron chi connectivity index (χ1n) is 6.96. The van der Waals surface area contributed by atoms with Crippen molar-refractivity contribution < 1.29 is 4.74 Å². The molecule has 4 nitrogen and oxygen atoms in total. The predicted octanol–water partition coefficient (Wildman–Crippen LogP) is 3.29. The number of pyridine rings is 1. The summed E-state index contributed by atoms with van der Waals surface area (Å²) in [5, 5.41) is 2.11. The Hall–Kier alpha value is -1.75. The normalized spacial score (nSPS) is 14.2. The molecule has 0 aromatic carbocycles. The van der Waals surface area contributed by atoms with Gasteiger partial charge in [0, 0.05) is 10.9 Å². The van der Waals surface area contributed by atoms with Gasteiger partial charge in [0.05, 0.1) is 18.8 Å². The topological polar surface area (TPSA) is 51.4 Å². The Morgan fingerprint density at radius 1 is 1.40 bits per heavy atom. The third kappa shape index (κ3) is 2.88. The van der Waals surface area contributed by atoms with Crippen LogP contribution in [0.1, 0.15) is 24.6 Å². The third-order valence-electron chi connectivity index (χ3n) is 3.34. The standard InChI is InChI=1S/C15H19N3OS/c1-2-19-15-13(16)7-8-14(17-15)18(11-5-6-11)10-12-4-3-9-20-12/h3-4,7-9,11H,2,5-6,10,16H2,1H3. The molecule has 1 aliphatic rings. The molecule has 2 aromatic heterocycles. The summed E-state index contributed by atoms with van der Waals surface area (Å²) in [5.41, 5.74) is 6.50. The first-order valence-corrected chi connectivity index (χ1v) is 7.84. The molecule has 0 bridgehead atoms. The summed E-state index contributed by atoms with van der Waals surface area (Å²) in [6.07, 6.45) is 2.47. The van der Waals surface area contributed by atoms with E-state index in [0.29, 0.717) is 24.2 Å². The van der Waals surface area contributed by atoms with E-state index >= 15 is 0 Å². The van der Waals surface area contributed by atoms with Gasteiger partial charge in [0.15, 0.2) is 0 Å². The van der Waals surface area contributed by atoms with Gasteiger partial charge in [-0.15, -0.1) is 11.3 Å². The molecule has 0 radical (unpaired) electrons. The molecule has 0 atom stereocenters. The molecule has 0 amide bonds. The number of anilines is 2. The number of hydrogen-bond acceptors (Lipinski definition) is 5. The Labute approximate surface area is 123 Å². The summed E-state index contributed by atoms with van der Waals surface area (Å²) >= 11 is 1.78. The highest BCUT2D eigenvalue weighted by Gasteiger charge is 2.30. The molecule has 0 aliphatic heterocycles. The van der Waals surface area contributed by atoms with Gasteiger partial charge in [-0.1, -0.05) is 6.07 Å². The molecular weight excluding hydrogens is 270 g/mol. The van der Waals surface area contributed by atoms with E-state index in [1.165, 1.54) is 17.7 Å². The monoisotopic (exact) mass is 289 g/mol. The number of nitrogen functional groups attached to an aromatic ring is 1. The van der Waals surface area contributed by atoms with Gasteiger partial charge in [0.2, 0.25) is 5.88 Å². The van der Waals surface area contributed by atoms with Crippen LogP contribution in [-0.2, 0) is 6.54 Å². The second-order valence-electron chi connectivity index (χ2n) is 4.94. The van der Waals surface area contributed by atoms with E-state index in [1.807, 2.05) is 19.1 Å². The van der Waals surface area contributed by atoms with Crippen molar-refractivity contribution in [1.29, 1.82) is 0 Å². The Balaban J connectivity index is 1.85. The predicted molar refractivity (Wildman–Crippen MR) is 83.3 cm³/mol. The number of nitrogens with zero attached hydrogens (tertiary/aromatic N) is 2. The van der Waals surface area contributed by atoms with Crippen molar-refractivity contribution in [2.45, 2.75) is 32.4 Å². The number of nitrogens with two attached hydrogens (primary N) is 1. The largest absolute Gasteiger partial charge is 0.476 e. The number of aromatic nitrogens is 1.